The first-order valence-corrected chi connectivity index (χ1v) is 8.06. The predicted molar refractivity (Wildman–Crippen MR) is 93.3 cm³/mol. The van der Waals surface area contributed by atoms with E-state index in [2.05, 4.69) is 0 Å². The molecule has 122 valence electrons. The van der Waals surface area contributed by atoms with Crippen LogP contribution in [0.3, 0.4) is 0 Å². The highest BCUT2D eigenvalue weighted by Crippen LogP contribution is 2.41. The number of thioether (sulfide) groups is 1. The van der Waals surface area contributed by atoms with E-state index in [4.69, 9.17) is 9.84 Å². The Hall–Kier alpha value is -2.73. The third-order valence-electron chi connectivity index (χ3n) is 3.54. The number of carboxylic acid groups (broad SMARTS) is 1. The monoisotopic (exact) mass is 341 g/mol. The fraction of sp³-hybridized carbons (Fsp3) is 0.111. The van der Waals surface area contributed by atoms with Crippen molar-refractivity contribution in [2.24, 2.45) is 0 Å². The second-order valence-corrected chi connectivity index (χ2v) is 6.22. The maximum atomic E-state index is 12.7. The van der Waals surface area contributed by atoms with Gasteiger partial charge in [0.2, 0.25) is 0 Å². The Kier molecular flexibility index (Phi) is 4.57. The number of carbonyl (C=O) groups is 2. The second-order valence-electron chi connectivity index (χ2n) is 5.14. The number of hydrogen-bond acceptors (Lipinski definition) is 4. The van der Waals surface area contributed by atoms with Crippen LogP contribution < -0.4 is 9.64 Å². The van der Waals surface area contributed by atoms with Gasteiger partial charge < -0.3 is 9.84 Å². The number of hydrogen-bond donors (Lipinski definition) is 1. The molecule has 24 heavy (non-hydrogen) atoms. The molecule has 0 spiro atoms. The van der Waals surface area contributed by atoms with E-state index in [0.717, 1.165) is 16.2 Å². The highest BCUT2D eigenvalue weighted by molar-refractivity contribution is 8.04. The molecule has 0 saturated carbocycles. The highest BCUT2D eigenvalue weighted by Gasteiger charge is 2.30. The molecule has 2 aromatic carbocycles. The molecule has 0 aliphatic carbocycles. The van der Waals surface area contributed by atoms with Gasteiger partial charge >= 0.3 is 5.97 Å². The van der Waals surface area contributed by atoms with Crippen molar-refractivity contribution < 1.29 is 19.4 Å². The van der Waals surface area contributed by atoms with Gasteiger partial charge in [0.25, 0.3) is 5.91 Å². The first kappa shape index (κ1) is 16.1. The third-order valence-corrected chi connectivity index (χ3v) is 4.62. The Labute approximate surface area is 143 Å². The summed E-state index contributed by atoms with van der Waals surface area (Å²) in [4.78, 5) is 26.5. The molecule has 3 rings (SSSR count). The quantitative estimate of drug-likeness (QED) is 0.865. The number of aliphatic carboxylic acids is 1. The van der Waals surface area contributed by atoms with Crippen molar-refractivity contribution in [3.05, 3.63) is 59.0 Å². The maximum Gasteiger partial charge on any atom is 0.323 e. The zero-order valence-corrected chi connectivity index (χ0v) is 13.7. The predicted octanol–water partition coefficient (Wildman–Crippen LogP) is 3.26. The van der Waals surface area contributed by atoms with Crippen molar-refractivity contribution in [2.75, 3.05) is 18.6 Å². The van der Waals surface area contributed by atoms with Crippen LogP contribution in [0.25, 0.3) is 6.08 Å². The second kappa shape index (κ2) is 6.80. The normalized spacial score (nSPS) is 15.3. The first-order chi connectivity index (χ1) is 11.6. The molecule has 0 radical (unpaired) electrons. The minimum absolute atomic E-state index is 0.308. The van der Waals surface area contributed by atoms with E-state index in [1.165, 1.54) is 16.7 Å². The molecular formula is C18H15NO4S. The highest BCUT2D eigenvalue weighted by atomic mass is 32.2. The summed E-state index contributed by atoms with van der Waals surface area (Å²) >= 11 is 1.35. The molecule has 0 saturated heterocycles. The molecule has 5 nitrogen and oxygen atoms in total. The lowest BCUT2D eigenvalue weighted by molar-refractivity contribution is -0.136. The average molecular weight is 341 g/mol. The van der Waals surface area contributed by atoms with Crippen LogP contribution in [0.15, 0.2) is 58.3 Å². The number of methoxy groups -OCH3 is 1. The van der Waals surface area contributed by atoms with Gasteiger partial charge in [-0.05, 0) is 35.9 Å². The van der Waals surface area contributed by atoms with Crippen LogP contribution in [-0.2, 0) is 9.59 Å². The van der Waals surface area contributed by atoms with Gasteiger partial charge in [-0.2, -0.15) is 0 Å². The molecule has 0 fully saturated rings. The molecular weight excluding hydrogens is 326 g/mol. The Morgan fingerprint density at radius 1 is 1.21 bits per heavy atom. The first-order valence-electron chi connectivity index (χ1n) is 7.25. The van der Waals surface area contributed by atoms with Gasteiger partial charge in [-0.1, -0.05) is 36.0 Å². The van der Waals surface area contributed by atoms with E-state index < -0.39 is 5.97 Å². The van der Waals surface area contributed by atoms with Crippen LogP contribution in [0.5, 0.6) is 5.75 Å². The Bertz CT molecular complexity index is 814. The van der Waals surface area contributed by atoms with Gasteiger partial charge in [-0.15, -0.1) is 0 Å². The summed E-state index contributed by atoms with van der Waals surface area (Å²) in [5.74, 6) is -0.622. The zero-order chi connectivity index (χ0) is 17.1. The summed E-state index contributed by atoms with van der Waals surface area (Å²) in [5.41, 5.74) is 1.48. The number of rotatable bonds is 4. The fourth-order valence-corrected chi connectivity index (χ4v) is 3.46. The largest absolute Gasteiger partial charge is 0.497 e. The fourth-order valence-electron chi connectivity index (χ4n) is 2.41. The van der Waals surface area contributed by atoms with Crippen molar-refractivity contribution >= 4 is 35.4 Å². The van der Waals surface area contributed by atoms with Crippen molar-refractivity contribution in [1.29, 1.82) is 0 Å². The van der Waals surface area contributed by atoms with Gasteiger partial charge in [0, 0.05) is 4.90 Å². The van der Waals surface area contributed by atoms with E-state index in [1.807, 2.05) is 36.4 Å². The molecule has 0 unspecified atom stereocenters. The summed E-state index contributed by atoms with van der Waals surface area (Å²) in [6.45, 7) is -0.365. The molecule has 6 heteroatoms. The zero-order valence-electron chi connectivity index (χ0n) is 12.9. The van der Waals surface area contributed by atoms with Crippen molar-refractivity contribution in [3.63, 3.8) is 0 Å². The number of fused-ring (bicyclic) bond motifs is 1. The Morgan fingerprint density at radius 3 is 2.58 bits per heavy atom. The number of anilines is 1. The van der Waals surface area contributed by atoms with Gasteiger partial charge in [0.15, 0.2) is 0 Å². The van der Waals surface area contributed by atoms with Crippen molar-refractivity contribution in [3.8, 4) is 5.75 Å². The van der Waals surface area contributed by atoms with Crippen LogP contribution in [0, 0.1) is 0 Å². The van der Waals surface area contributed by atoms with Crippen molar-refractivity contribution in [1.82, 2.24) is 0 Å². The molecule has 0 aromatic heterocycles. The van der Waals surface area contributed by atoms with Crippen LogP contribution in [0.1, 0.15) is 5.56 Å². The summed E-state index contributed by atoms with van der Waals surface area (Å²) in [7, 11) is 1.59. The number of amides is 1. The number of carbonyl (C=O) groups excluding carboxylic acids is 1. The molecule has 1 aliphatic heterocycles. The maximum absolute atomic E-state index is 12.7. The standard InChI is InChI=1S/C18H15NO4S/c1-23-13-8-6-12(7-9-13)10-16-18(22)19(11-17(20)21)14-4-2-3-5-15(14)24-16/h2-10H,11H2,1H3,(H,20,21)/b16-10+. The van der Waals surface area contributed by atoms with Crippen LogP contribution in [0.4, 0.5) is 5.69 Å². The number of carboxylic acids is 1. The minimum Gasteiger partial charge on any atom is -0.497 e. The summed E-state index contributed by atoms with van der Waals surface area (Å²) < 4.78 is 5.12. The summed E-state index contributed by atoms with van der Waals surface area (Å²) in [6.07, 6.45) is 1.76. The van der Waals surface area contributed by atoms with Gasteiger partial charge in [0.05, 0.1) is 17.7 Å². The minimum atomic E-state index is -1.05. The summed E-state index contributed by atoms with van der Waals surface area (Å²) in [5, 5.41) is 9.11. The molecule has 1 aliphatic rings. The van der Waals surface area contributed by atoms with Gasteiger partial charge in [-0.3, -0.25) is 14.5 Å². The van der Waals surface area contributed by atoms with Crippen LogP contribution in [-0.4, -0.2) is 30.6 Å². The number of nitrogens with zero attached hydrogens (tertiary/aromatic N) is 1. The topological polar surface area (TPSA) is 66.8 Å². The van der Waals surface area contributed by atoms with Crippen LogP contribution in [0.2, 0.25) is 0 Å². The lowest BCUT2D eigenvalue weighted by Crippen LogP contribution is -2.38. The molecule has 1 N–H and O–H groups in total. The molecule has 2 aromatic rings. The molecule has 0 bridgehead atoms. The van der Waals surface area contributed by atoms with Crippen LogP contribution >= 0.6 is 11.8 Å². The van der Waals surface area contributed by atoms with E-state index in [-0.39, 0.29) is 12.5 Å². The lowest BCUT2D eigenvalue weighted by atomic mass is 10.2. The number of ether oxygens (including phenoxy) is 1. The summed E-state index contributed by atoms with van der Waals surface area (Å²) in [6, 6.07) is 14.6. The van der Waals surface area contributed by atoms with E-state index in [0.29, 0.717) is 10.6 Å². The molecule has 0 atom stereocenters. The average Bonchev–Trinajstić information content (AvgIpc) is 2.59. The third kappa shape index (κ3) is 3.28. The Balaban J connectivity index is 1.98. The number of benzene rings is 2. The lowest BCUT2D eigenvalue weighted by Gasteiger charge is -2.28. The van der Waals surface area contributed by atoms with Crippen molar-refractivity contribution in [2.45, 2.75) is 4.90 Å². The molecule has 1 amide bonds. The molecule has 1 heterocycles. The SMILES string of the molecule is COc1ccc(/C=C2/Sc3ccccc3N(CC(=O)O)C2=O)cc1. The van der Waals surface area contributed by atoms with E-state index >= 15 is 0 Å². The number of para-hydroxylation sites is 1. The van der Waals surface area contributed by atoms with Gasteiger partial charge in [0.1, 0.15) is 12.3 Å². The van der Waals surface area contributed by atoms with E-state index in [9.17, 15) is 9.59 Å². The van der Waals surface area contributed by atoms with Gasteiger partial charge in [-0.25, -0.2) is 0 Å². The smallest absolute Gasteiger partial charge is 0.323 e. The Morgan fingerprint density at radius 2 is 1.92 bits per heavy atom. The van der Waals surface area contributed by atoms with E-state index in [1.54, 1.807) is 25.3 Å².